The van der Waals surface area contributed by atoms with Crippen LogP contribution in [0.5, 0.6) is 0 Å². The van der Waals surface area contributed by atoms with Gasteiger partial charge < -0.3 is 0 Å². The molecule has 0 fully saturated rings. The molecule has 0 radical (unpaired) electrons. The van der Waals surface area contributed by atoms with Gasteiger partial charge in [-0.2, -0.15) is 0 Å². The first kappa shape index (κ1) is 14.3. The molecule has 2 aromatic carbocycles. The molecule has 21 heavy (non-hydrogen) atoms. The second-order valence-corrected chi connectivity index (χ2v) is 8.57. The molecule has 2 heteroatoms. The summed E-state index contributed by atoms with van der Waals surface area (Å²) >= 11 is 0.202. The van der Waals surface area contributed by atoms with Gasteiger partial charge in [-0.15, -0.1) is 0 Å². The number of benzene rings is 2. The third kappa shape index (κ3) is 2.88. The van der Waals surface area contributed by atoms with E-state index in [0.29, 0.717) is 0 Å². The van der Waals surface area contributed by atoms with Crippen LogP contribution in [0.4, 0.5) is 0 Å². The van der Waals surface area contributed by atoms with E-state index in [9.17, 15) is 4.79 Å². The third-order valence-electron chi connectivity index (χ3n) is 3.67. The zero-order valence-corrected chi connectivity index (χ0v) is 14.2. The molecule has 0 spiro atoms. The second kappa shape index (κ2) is 5.29. The fourth-order valence-corrected chi connectivity index (χ4v) is 4.65. The molecule has 0 atom stereocenters. The fourth-order valence-electron chi connectivity index (χ4n) is 2.38. The number of hydrogen-bond acceptors (Lipinski definition) is 1. The van der Waals surface area contributed by atoms with Crippen molar-refractivity contribution in [1.82, 2.24) is 0 Å². The van der Waals surface area contributed by atoms with Gasteiger partial charge >= 0.3 is 131 Å². The molecule has 0 aliphatic rings. The van der Waals surface area contributed by atoms with Crippen LogP contribution in [0.2, 0.25) is 0 Å². The van der Waals surface area contributed by atoms with Crippen molar-refractivity contribution < 1.29 is 0 Å². The van der Waals surface area contributed by atoms with E-state index < -0.39 is 0 Å². The Bertz CT molecular complexity index is 836. The summed E-state index contributed by atoms with van der Waals surface area (Å²) in [4.78, 5) is 12.2. The van der Waals surface area contributed by atoms with Gasteiger partial charge in [-0.25, -0.2) is 0 Å². The number of fused-ring (bicyclic) bond motifs is 1. The Morgan fingerprint density at radius 1 is 0.905 bits per heavy atom. The standard InChI is InChI=1S/C19H18OSe/c1-19(2,3)14-10-8-13(9-11-14)18-12-16(20)15-6-4-5-7-17(15)21-18/h4-12H,1-3H3. The topological polar surface area (TPSA) is 17.1 Å². The van der Waals surface area contributed by atoms with Crippen LogP contribution in [-0.4, -0.2) is 14.5 Å². The van der Waals surface area contributed by atoms with Gasteiger partial charge in [-0.05, 0) is 0 Å². The van der Waals surface area contributed by atoms with Crippen molar-refractivity contribution in [2.45, 2.75) is 26.2 Å². The van der Waals surface area contributed by atoms with E-state index in [1.165, 1.54) is 19.8 Å². The van der Waals surface area contributed by atoms with Gasteiger partial charge in [-0.3, -0.25) is 0 Å². The molecule has 0 bridgehead atoms. The zero-order valence-electron chi connectivity index (χ0n) is 12.5. The van der Waals surface area contributed by atoms with Gasteiger partial charge in [0.2, 0.25) is 0 Å². The van der Waals surface area contributed by atoms with Crippen LogP contribution >= 0.6 is 0 Å². The summed E-state index contributed by atoms with van der Waals surface area (Å²) in [5.41, 5.74) is 2.79. The van der Waals surface area contributed by atoms with Crippen LogP contribution in [0, 0.1) is 0 Å². The third-order valence-corrected chi connectivity index (χ3v) is 6.08. The quantitative estimate of drug-likeness (QED) is 0.606. The normalized spacial score (nSPS) is 11.8. The van der Waals surface area contributed by atoms with E-state index in [0.717, 1.165) is 5.39 Å². The molecule has 3 rings (SSSR count). The molecular weight excluding hydrogens is 323 g/mol. The van der Waals surface area contributed by atoms with Gasteiger partial charge in [0.05, 0.1) is 0 Å². The van der Waals surface area contributed by atoms with Gasteiger partial charge in [-0.1, -0.05) is 0 Å². The Kier molecular flexibility index (Phi) is 3.60. The van der Waals surface area contributed by atoms with Crippen molar-refractivity contribution >= 4 is 24.1 Å². The van der Waals surface area contributed by atoms with E-state index in [2.05, 4.69) is 51.1 Å². The van der Waals surface area contributed by atoms with Crippen LogP contribution in [-0.2, 0) is 5.41 Å². The fraction of sp³-hybridized carbons (Fsp3) is 0.211. The Hall–Kier alpha value is -1.63. The summed E-state index contributed by atoms with van der Waals surface area (Å²) < 4.78 is 2.36. The van der Waals surface area contributed by atoms with Crippen molar-refractivity contribution in [3.05, 3.63) is 70.4 Å². The predicted molar refractivity (Wildman–Crippen MR) is 91.3 cm³/mol. The van der Waals surface area contributed by atoms with Crippen LogP contribution in [0.3, 0.4) is 0 Å². The SMILES string of the molecule is CC(C)(C)c1ccc(-c2cc(=O)c3ccccc3[se]2)cc1. The molecule has 106 valence electrons. The molecule has 0 saturated carbocycles. The molecule has 0 saturated heterocycles. The molecular formula is C19H18OSe. The van der Waals surface area contributed by atoms with Crippen LogP contribution < -0.4 is 5.43 Å². The molecule has 1 nitrogen and oxygen atoms in total. The molecule has 0 N–H and O–H groups in total. The van der Waals surface area contributed by atoms with Crippen molar-refractivity contribution in [3.8, 4) is 10.0 Å². The molecule has 0 unspecified atom stereocenters. The predicted octanol–water partition coefficient (Wildman–Crippen LogP) is 4.22. The van der Waals surface area contributed by atoms with E-state index in [4.69, 9.17) is 0 Å². The van der Waals surface area contributed by atoms with E-state index in [1.807, 2.05) is 24.3 Å². The molecule has 3 aromatic rings. The summed E-state index contributed by atoms with van der Waals surface area (Å²) in [5.74, 6) is 0. The van der Waals surface area contributed by atoms with Crippen LogP contribution in [0.1, 0.15) is 26.3 Å². The van der Waals surface area contributed by atoms with Gasteiger partial charge in [0.15, 0.2) is 0 Å². The van der Waals surface area contributed by atoms with E-state index >= 15 is 0 Å². The first-order chi connectivity index (χ1) is 9.95. The number of hydrogen-bond donors (Lipinski definition) is 0. The van der Waals surface area contributed by atoms with Crippen molar-refractivity contribution in [2.24, 2.45) is 0 Å². The summed E-state index contributed by atoms with van der Waals surface area (Å²) in [7, 11) is 0. The van der Waals surface area contributed by atoms with Gasteiger partial charge in [0.1, 0.15) is 0 Å². The van der Waals surface area contributed by atoms with Gasteiger partial charge in [0.25, 0.3) is 0 Å². The van der Waals surface area contributed by atoms with Crippen molar-refractivity contribution in [1.29, 1.82) is 0 Å². The average molecular weight is 341 g/mol. The van der Waals surface area contributed by atoms with Crippen LogP contribution in [0.15, 0.2) is 59.4 Å². The Labute approximate surface area is 131 Å². The van der Waals surface area contributed by atoms with Crippen molar-refractivity contribution in [2.75, 3.05) is 0 Å². The molecule has 1 aromatic heterocycles. The minimum atomic E-state index is 0.133. The first-order valence-corrected chi connectivity index (χ1v) is 8.80. The minimum absolute atomic E-state index is 0.133. The molecule has 0 amide bonds. The summed E-state index contributed by atoms with van der Waals surface area (Å²) in [6, 6.07) is 18.4. The van der Waals surface area contributed by atoms with Gasteiger partial charge in [0, 0.05) is 0 Å². The monoisotopic (exact) mass is 342 g/mol. The van der Waals surface area contributed by atoms with E-state index in [1.54, 1.807) is 0 Å². The number of rotatable bonds is 1. The second-order valence-electron chi connectivity index (χ2n) is 6.30. The Balaban J connectivity index is 2.10. The first-order valence-electron chi connectivity index (χ1n) is 7.09. The van der Waals surface area contributed by atoms with Crippen molar-refractivity contribution in [3.63, 3.8) is 0 Å². The summed E-state index contributed by atoms with van der Waals surface area (Å²) in [5, 5.41) is 0.868. The van der Waals surface area contributed by atoms with E-state index in [-0.39, 0.29) is 25.3 Å². The maximum absolute atomic E-state index is 12.2. The Morgan fingerprint density at radius 3 is 2.24 bits per heavy atom. The molecule has 1 heterocycles. The molecule has 0 aliphatic carbocycles. The van der Waals surface area contributed by atoms with Crippen LogP contribution in [0.25, 0.3) is 19.6 Å². The zero-order chi connectivity index (χ0) is 15.0. The maximum atomic E-state index is 12.2. The summed E-state index contributed by atoms with van der Waals surface area (Å²) in [6.07, 6.45) is 0. The average Bonchev–Trinajstić information content (AvgIpc) is 2.46. The molecule has 0 aliphatic heterocycles. The summed E-state index contributed by atoms with van der Waals surface area (Å²) in [6.45, 7) is 6.64. The Morgan fingerprint density at radius 2 is 1.57 bits per heavy atom.